The summed E-state index contributed by atoms with van der Waals surface area (Å²) in [6.07, 6.45) is -4.11. The van der Waals surface area contributed by atoms with Crippen molar-refractivity contribution in [3.05, 3.63) is 41.0 Å². The Morgan fingerprint density at radius 3 is 2.66 bits per heavy atom. The van der Waals surface area contributed by atoms with Crippen LogP contribution < -0.4 is 11.1 Å². The zero-order valence-corrected chi connectivity index (χ0v) is 16.0. The predicted octanol–water partition coefficient (Wildman–Crippen LogP) is 3.31. The second-order valence-corrected chi connectivity index (χ2v) is 7.11. The summed E-state index contributed by atoms with van der Waals surface area (Å²) in [5.74, 6) is -0.207. The van der Waals surface area contributed by atoms with Crippen molar-refractivity contribution in [3.8, 4) is 17.0 Å². The minimum Gasteiger partial charge on any atom is -0.507 e. The monoisotopic (exact) mass is 406 g/mol. The van der Waals surface area contributed by atoms with Crippen LogP contribution in [0, 0.1) is 12.8 Å². The summed E-state index contributed by atoms with van der Waals surface area (Å²) in [7, 11) is 0. The van der Waals surface area contributed by atoms with Gasteiger partial charge in [-0.25, -0.2) is 4.98 Å². The van der Waals surface area contributed by atoms with Gasteiger partial charge in [0.2, 0.25) is 5.91 Å². The molecule has 0 spiro atoms. The van der Waals surface area contributed by atoms with Gasteiger partial charge in [0.05, 0.1) is 11.3 Å². The number of phenols is 1. The maximum atomic E-state index is 12.9. The summed E-state index contributed by atoms with van der Waals surface area (Å²) in [6.45, 7) is 4.32. The number of carbonyl (C=O) groups excluding carboxylic acids is 1. The van der Waals surface area contributed by atoms with E-state index in [1.807, 2.05) is 0 Å². The number of hydrogen-bond donors (Lipinski definition) is 3. The molecule has 0 saturated carbocycles. The summed E-state index contributed by atoms with van der Waals surface area (Å²) in [5.41, 5.74) is 7.06. The molecule has 1 saturated heterocycles. The maximum Gasteiger partial charge on any atom is 0.416 e. The van der Waals surface area contributed by atoms with Crippen LogP contribution in [0.4, 0.5) is 19.0 Å². The van der Waals surface area contributed by atoms with Gasteiger partial charge in [-0.2, -0.15) is 13.2 Å². The van der Waals surface area contributed by atoms with E-state index in [2.05, 4.69) is 15.3 Å². The molecule has 0 aliphatic carbocycles. The first-order valence-electron chi connectivity index (χ1n) is 9.02. The van der Waals surface area contributed by atoms with Crippen LogP contribution in [-0.4, -0.2) is 34.8 Å². The van der Waals surface area contributed by atoms with E-state index >= 15 is 0 Å². The molecule has 1 atom stereocenters. The van der Waals surface area contributed by atoms with Crippen LogP contribution in [0.1, 0.15) is 30.0 Å². The normalized spacial score (nSPS) is 17.5. The fourth-order valence-electron chi connectivity index (χ4n) is 3.33. The lowest BCUT2D eigenvalue weighted by molar-refractivity contribution is -0.137. The first kappa shape index (κ1) is 20.6. The molecule has 1 aliphatic rings. The second kappa shape index (κ2) is 7.73. The molecule has 0 radical (unpaired) electrons. The number of amides is 1. The van der Waals surface area contributed by atoms with E-state index in [4.69, 9.17) is 5.73 Å². The van der Waals surface area contributed by atoms with Gasteiger partial charge in [-0.05, 0) is 43.7 Å². The molecule has 9 heteroatoms. The third-order valence-electron chi connectivity index (χ3n) is 4.86. The number of aliphatic imine (C=N–C) groups is 1. The summed E-state index contributed by atoms with van der Waals surface area (Å²) >= 11 is 0. The van der Waals surface area contributed by atoms with Gasteiger partial charge in [0.1, 0.15) is 11.6 Å². The topological polar surface area (TPSA) is 101 Å². The number of nitrogens with zero attached hydrogens (tertiary/aromatic N) is 2. The SMILES string of the molecule is CC(=NC[C@@H]1CNC(=O)C1)c1ccc(-c2c(C)cc(C(F)(F)F)cc2O)nc1N. The fraction of sp³-hybridized carbons (Fsp3) is 0.350. The molecule has 2 aromatic rings. The van der Waals surface area contributed by atoms with Crippen LogP contribution in [0.25, 0.3) is 11.3 Å². The Balaban J connectivity index is 1.87. The predicted molar refractivity (Wildman–Crippen MR) is 104 cm³/mol. The van der Waals surface area contributed by atoms with Gasteiger partial charge in [-0.15, -0.1) is 0 Å². The van der Waals surface area contributed by atoms with Crippen molar-refractivity contribution in [2.75, 3.05) is 18.8 Å². The van der Waals surface area contributed by atoms with E-state index in [0.717, 1.165) is 6.07 Å². The lowest BCUT2D eigenvalue weighted by Crippen LogP contribution is -2.15. The summed E-state index contributed by atoms with van der Waals surface area (Å²) in [4.78, 5) is 20.0. The smallest absolute Gasteiger partial charge is 0.416 e. The van der Waals surface area contributed by atoms with E-state index in [1.54, 1.807) is 19.1 Å². The summed E-state index contributed by atoms with van der Waals surface area (Å²) < 4.78 is 38.7. The number of aromatic nitrogens is 1. The second-order valence-electron chi connectivity index (χ2n) is 7.11. The van der Waals surface area contributed by atoms with E-state index in [-0.39, 0.29) is 34.5 Å². The number of aryl methyl sites for hydroxylation is 1. The van der Waals surface area contributed by atoms with Crippen molar-refractivity contribution >= 4 is 17.4 Å². The van der Waals surface area contributed by atoms with E-state index in [9.17, 15) is 23.1 Å². The first-order valence-corrected chi connectivity index (χ1v) is 9.02. The molecule has 2 heterocycles. The van der Waals surface area contributed by atoms with Gasteiger partial charge < -0.3 is 16.2 Å². The van der Waals surface area contributed by atoms with Gasteiger partial charge >= 0.3 is 6.18 Å². The molecule has 3 rings (SSSR count). The molecule has 6 nitrogen and oxygen atoms in total. The number of phenolic OH excluding ortho intramolecular Hbond substituents is 1. The van der Waals surface area contributed by atoms with Crippen molar-refractivity contribution in [2.24, 2.45) is 10.9 Å². The summed E-state index contributed by atoms with van der Waals surface area (Å²) in [5, 5.41) is 12.9. The van der Waals surface area contributed by atoms with Crippen LogP contribution >= 0.6 is 0 Å². The van der Waals surface area contributed by atoms with Gasteiger partial charge in [0, 0.05) is 42.3 Å². The number of rotatable bonds is 4. The first-order chi connectivity index (χ1) is 13.6. The van der Waals surface area contributed by atoms with Crippen LogP contribution in [0.5, 0.6) is 5.75 Å². The Labute approximate surface area is 165 Å². The number of alkyl halides is 3. The number of halogens is 3. The number of nitrogens with one attached hydrogen (secondary N) is 1. The number of aromatic hydroxyl groups is 1. The molecule has 4 N–H and O–H groups in total. The van der Waals surface area contributed by atoms with Crippen LogP contribution in [0.15, 0.2) is 29.3 Å². The van der Waals surface area contributed by atoms with Gasteiger partial charge in [0.25, 0.3) is 0 Å². The molecule has 1 aromatic heterocycles. The quantitative estimate of drug-likeness (QED) is 0.678. The highest BCUT2D eigenvalue weighted by atomic mass is 19.4. The molecule has 1 amide bonds. The largest absolute Gasteiger partial charge is 0.507 e. The van der Waals surface area contributed by atoms with Gasteiger partial charge in [-0.3, -0.25) is 9.79 Å². The molecule has 29 heavy (non-hydrogen) atoms. The fourth-order valence-corrected chi connectivity index (χ4v) is 3.33. The highest BCUT2D eigenvalue weighted by Gasteiger charge is 2.32. The van der Waals surface area contributed by atoms with Crippen LogP contribution in [-0.2, 0) is 11.0 Å². The standard InChI is InChI=1S/C20H21F3N4O2/c1-10-5-13(20(21,22)23)7-16(28)18(10)15-4-3-14(19(24)27-15)11(2)25-8-12-6-17(29)26-9-12/h3-5,7,12,28H,6,8-9H2,1-2H3,(H2,24,27)(H,26,29)/t12-/m1/s1. The van der Waals surface area contributed by atoms with Crippen molar-refractivity contribution in [3.63, 3.8) is 0 Å². The molecular formula is C20H21F3N4O2. The van der Waals surface area contributed by atoms with Gasteiger partial charge in [-0.1, -0.05) is 0 Å². The van der Waals surface area contributed by atoms with Crippen molar-refractivity contribution in [2.45, 2.75) is 26.4 Å². The number of hydrogen-bond acceptors (Lipinski definition) is 5. The zero-order chi connectivity index (χ0) is 21.3. The molecule has 1 fully saturated rings. The number of anilines is 1. The maximum absolute atomic E-state index is 12.9. The Morgan fingerprint density at radius 2 is 2.10 bits per heavy atom. The summed E-state index contributed by atoms with van der Waals surface area (Å²) in [6, 6.07) is 4.90. The number of carbonyl (C=O) groups is 1. The van der Waals surface area contributed by atoms with Crippen LogP contribution in [0.3, 0.4) is 0 Å². The minimum atomic E-state index is -4.55. The van der Waals surface area contributed by atoms with Crippen LogP contribution in [0.2, 0.25) is 0 Å². The Hall–Kier alpha value is -3.10. The van der Waals surface area contributed by atoms with Crippen molar-refractivity contribution in [1.29, 1.82) is 0 Å². The lowest BCUT2D eigenvalue weighted by atomic mass is 9.99. The number of nitrogens with two attached hydrogens (primary N) is 1. The molecule has 0 bridgehead atoms. The highest BCUT2D eigenvalue weighted by Crippen LogP contribution is 2.38. The van der Waals surface area contributed by atoms with Crippen molar-refractivity contribution in [1.82, 2.24) is 10.3 Å². The number of pyridine rings is 1. The van der Waals surface area contributed by atoms with Crippen molar-refractivity contribution < 1.29 is 23.1 Å². The average molecular weight is 406 g/mol. The van der Waals surface area contributed by atoms with E-state index < -0.39 is 17.5 Å². The molecule has 0 unspecified atom stereocenters. The van der Waals surface area contributed by atoms with E-state index in [1.165, 1.54) is 6.92 Å². The number of nitrogen functional groups attached to an aromatic ring is 1. The molecule has 1 aromatic carbocycles. The highest BCUT2D eigenvalue weighted by molar-refractivity contribution is 6.02. The number of benzene rings is 1. The minimum absolute atomic E-state index is 0.0140. The Kier molecular flexibility index (Phi) is 5.50. The third kappa shape index (κ3) is 4.49. The third-order valence-corrected chi connectivity index (χ3v) is 4.86. The average Bonchev–Trinajstić information content (AvgIpc) is 3.04. The molecule has 1 aliphatic heterocycles. The zero-order valence-electron chi connectivity index (χ0n) is 16.0. The molecular weight excluding hydrogens is 385 g/mol. The van der Waals surface area contributed by atoms with Gasteiger partial charge in [0.15, 0.2) is 0 Å². The van der Waals surface area contributed by atoms with E-state index in [0.29, 0.717) is 36.9 Å². The lowest BCUT2D eigenvalue weighted by Gasteiger charge is -2.14. The Bertz CT molecular complexity index is 963. The Morgan fingerprint density at radius 1 is 1.38 bits per heavy atom. The molecule has 154 valence electrons.